The first-order valence-electron chi connectivity index (χ1n) is 5.37. The molecule has 0 saturated heterocycles. The van der Waals surface area contributed by atoms with Gasteiger partial charge in [0.1, 0.15) is 5.82 Å². The van der Waals surface area contributed by atoms with Crippen LogP contribution in [0.4, 0.5) is 4.39 Å². The summed E-state index contributed by atoms with van der Waals surface area (Å²) in [6.45, 7) is 0. The standard InChI is InChI=1S/C13H11BrClFN2/c14-10-2-1-9(5-12(10)16)13(17)6-8-3-4-18-7-11(8)15/h1-5,7,13H,6,17H2. The molecular formula is C13H11BrClFN2. The Morgan fingerprint density at radius 3 is 2.83 bits per heavy atom. The summed E-state index contributed by atoms with van der Waals surface area (Å²) >= 11 is 9.12. The van der Waals surface area contributed by atoms with Crippen molar-refractivity contribution in [1.29, 1.82) is 0 Å². The van der Waals surface area contributed by atoms with Crippen LogP contribution in [0.15, 0.2) is 41.1 Å². The average Bonchev–Trinajstić information content (AvgIpc) is 2.35. The van der Waals surface area contributed by atoms with Gasteiger partial charge in [-0.2, -0.15) is 0 Å². The van der Waals surface area contributed by atoms with E-state index in [-0.39, 0.29) is 11.9 Å². The lowest BCUT2D eigenvalue weighted by Gasteiger charge is -2.13. The van der Waals surface area contributed by atoms with E-state index in [0.29, 0.717) is 15.9 Å². The number of hydrogen-bond donors (Lipinski definition) is 1. The summed E-state index contributed by atoms with van der Waals surface area (Å²) in [5.41, 5.74) is 7.70. The minimum absolute atomic E-state index is 0.299. The summed E-state index contributed by atoms with van der Waals surface area (Å²) in [5.74, 6) is -0.316. The third kappa shape index (κ3) is 3.07. The Morgan fingerprint density at radius 1 is 1.39 bits per heavy atom. The third-order valence-corrected chi connectivity index (χ3v) is 3.65. The highest BCUT2D eigenvalue weighted by atomic mass is 79.9. The number of nitrogens with zero attached hydrogens (tertiary/aromatic N) is 1. The lowest BCUT2D eigenvalue weighted by Crippen LogP contribution is -2.14. The van der Waals surface area contributed by atoms with Gasteiger partial charge in [-0.25, -0.2) is 4.39 Å². The van der Waals surface area contributed by atoms with Crippen LogP contribution in [0.5, 0.6) is 0 Å². The molecule has 0 spiro atoms. The van der Waals surface area contributed by atoms with E-state index in [1.807, 2.05) is 6.07 Å². The molecule has 5 heteroatoms. The van der Waals surface area contributed by atoms with E-state index in [9.17, 15) is 4.39 Å². The molecule has 0 aliphatic rings. The molecule has 0 aliphatic carbocycles. The summed E-state index contributed by atoms with van der Waals surface area (Å²) in [5, 5.41) is 0.575. The highest BCUT2D eigenvalue weighted by Crippen LogP contribution is 2.24. The van der Waals surface area contributed by atoms with Crippen molar-refractivity contribution in [2.75, 3.05) is 0 Å². The van der Waals surface area contributed by atoms with Gasteiger partial charge < -0.3 is 5.73 Å². The molecule has 1 aromatic carbocycles. The van der Waals surface area contributed by atoms with Crippen LogP contribution in [-0.4, -0.2) is 4.98 Å². The summed E-state index contributed by atoms with van der Waals surface area (Å²) < 4.78 is 13.9. The van der Waals surface area contributed by atoms with Crippen molar-refractivity contribution in [3.63, 3.8) is 0 Å². The molecule has 0 fully saturated rings. The topological polar surface area (TPSA) is 38.9 Å². The number of benzene rings is 1. The second kappa shape index (κ2) is 5.78. The van der Waals surface area contributed by atoms with Gasteiger partial charge in [-0.1, -0.05) is 17.7 Å². The van der Waals surface area contributed by atoms with Crippen LogP contribution >= 0.6 is 27.5 Å². The second-order valence-electron chi connectivity index (χ2n) is 3.95. The largest absolute Gasteiger partial charge is 0.324 e. The Bertz CT molecular complexity index is 562. The fourth-order valence-electron chi connectivity index (χ4n) is 1.67. The summed E-state index contributed by atoms with van der Waals surface area (Å²) in [6, 6.07) is 6.40. The highest BCUT2D eigenvalue weighted by Gasteiger charge is 2.11. The maximum absolute atomic E-state index is 13.4. The molecule has 1 aromatic heterocycles. The first-order chi connectivity index (χ1) is 8.58. The van der Waals surface area contributed by atoms with Crippen molar-refractivity contribution in [2.24, 2.45) is 5.73 Å². The molecule has 2 N–H and O–H groups in total. The van der Waals surface area contributed by atoms with Crippen LogP contribution in [0.3, 0.4) is 0 Å². The summed E-state index contributed by atoms with van der Waals surface area (Å²) in [6.07, 6.45) is 3.78. The van der Waals surface area contributed by atoms with Crippen molar-refractivity contribution in [2.45, 2.75) is 12.5 Å². The molecular weight excluding hydrogens is 319 g/mol. The van der Waals surface area contributed by atoms with Crippen molar-refractivity contribution in [3.05, 3.63) is 63.1 Å². The Kier molecular flexibility index (Phi) is 4.32. The van der Waals surface area contributed by atoms with E-state index in [1.165, 1.54) is 6.07 Å². The predicted molar refractivity (Wildman–Crippen MR) is 74.0 cm³/mol. The van der Waals surface area contributed by atoms with Gasteiger partial charge >= 0.3 is 0 Å². The van der Waals surface area contributed by atoms with Crippen molar-refractivity contribution < 1.29 is 4.39 Å². The molecule has 0 bridgehead atoms. The quantitative estimate of drug-likeness (QED) is 0.928. The van der Waals surface area contributed by atoms with Crippen LogP contribution in [0.1, 0.15) is 17.2 Å². The maximum Gasteiger partial charge on any atom is 0.137 e. The molecule has 0 saturated carbocycles. The molecule has 2 rings (SSSR count). The Hall–Kier alpha value is -0.970. The monoisotopic (exact) mass is 328 g/mol. The van der Waals surface area contributed by atoms with E-state index in [2.05, 4.69) is 20.9 Å². The summed E-state index contributed by atoms with van der Waals surface area (Å²) in [7, 11) is 0. The number of nitrogens with two attached hydrogens (primary N) is 1. The number of aromatic nitrogens is 1. The smallest absolute Gasteiger partial charge is 0.137 e. The normalized spacial score (nSPS) is 12.4. The zero-order valence-electron chi connectivity index (χ0n) is 9.41. The molecule has 0 radical (unpaired) electrons. The van der Waals surface area contributed by atoms with E-state index in [4.69, 9.17) is 17.3 Å². The zero-order valence-corrected chi connectivity index (χ0v) is 11.7. The number of hydrogen-bond acceptors (Lipinski definition) is 2. The molecule has 1 unspecified atom stereocenters. The Morgan fingerprint density at radius 2 is 2.17 bits per heavy atom. The fourth-order valence-corrected chi connectivity index (χ4v) is 2.11. The van der Waals surface area contributed by atoms with Gasteiger partial charge in [0.05, 0.1) is 9.50 Å². The molecule has 18 heavy (non-hydrogen) atoms. The summed E-state index contributed by atoms with van der Waals surface area (Å²) in [4.78, 5) is 3.91. The van der Waals surface area contributed by atoms with Gasteiger partial charge in [0.25, 0.3) is 0 Å². The Balaban J connectivity index is 2.19. The predicted octanol–water partition coefficient (Wildman–Crippen LogP) is 3.88. The second-order valence-corrected chi connectivity index (χ2v) is 5.21. The fraction of sp³-hybridized carbons (Fsp3) is 0.154. The van der Waals surface area contributed by atoms with E-state index in [1.54, 1.807) is 24.5 Å². The van der Waals surface area contributed by atoms with Gasteiger partial charge in [0.15, 0.2) is 0 Å². The van der Waals surface area contributed by atoms with Gasteiger partial charge in [-0.3, -0.25) is 4.98 Å². The van der Waals surface area contributed by atoms with Crippen LogP contribution < -0.4 is 5.73 Å². The number of halogens is 3. The first kappa shape index (κ1) is 13.5. The van der Waals surface area contributed by atoms with Crippen LogP contribution in [-0.2, 0) is 6.42 Å². The molecule has 2 aromatic rings. The molecule has 2 nitrogen and oxygen atoms in total. The molecule has 1 heterocycles. The van der Waals surface area contributed by atoms with Crippen LogP contribution in [0.25, 0.3) is 0 Å². The molecule has 94 valence electrons. The van der Waals surface area contributed by atoms with Gasteiger partial charge in [0, 0.05) is 18.4 Å². The lowest BCUT2D eigenvalue weighted by molar-refractivity contribution is 0.612. The van der Waals surface area contributed by atoms with E-state index in [0.717, 1.165) is 11.1 Å². The minimum Gasteiger partial charge on any atom is -0.324 e. The highest BCUT2D eigenvalue weighted by molar-refractivity contribution is 9.10. The van der Waals surface area contributed by atoms with Crippen molar-refractivity contribution in [1.82, 2.24) is 4.98 Å². The lowest BCUT2D eigenvalue weighted by atomic mass is 10.0. The van der Waals surface area contributed by atoms with Crippen LogP contribution in [0.2, 0.25) is 5.02 Å². The van der Waals surface area contributed by atoms with Crippen LogP contribution in [0, 0.1) is 5.82 Å². The average molecular weight is 330 g/mol. The van der Waals surface area contributed by atoms with Crippen molar-refractivity contribution in [3.8, 4) is 0 Å². The molecule has 0 aliphatic heterocycles. The molecule has 1 atom stereocenters. The SMILES string of the molecule is NC(Cc1ccncc1Cl)c1ccc(Br)c(F)c1. The molecule has 0 amide bonds. The van der Waals surface area contributed by atoms with Gasteiger partial charge in [0.2, 0.25) is 0 Å². The first-order valence-corrected chi connectivity index (χ1v) is 6.54. The van der Waals surface area contributed by atoms with E-state index >= 15 is 0 Å². The zero-order chi connectivity index (χ0) is 13.1. The minimum atomic E-state index is -0.316. The van der Waals surface area contributed by atoms with Gasteiger partial charge in [-0.15, -0.1) is 0 Å². The number of rotatable bonds is 3. The van der Waals surface area contributed by atoms with Gasteiger partial charge in [-0.05, 0) is 51.7 Å². The number of pyridine rings is 1. The Labute approximate surface area is 118 Å². The third-order valence-electron chi connectivity index (χ3n) is 2.67. The maximum atomic E-state index is 13.4. The van der Waals surface area contributed by atoms with E-state index < -0.39 is 0 Å². The van der Waals surface area contributed by atoms with Crippen molar-refractivity contribution >= 4 is 27.5 Å².